The van der Waals surface area contributed by atoms with Crippen LogP contribution in [0.15, 0.2) is 48.5 Å². The number of rotatable bonds is 8. The number of alkyl carbamates (subject to hydrolysis) is 1. The van der Waals surface area contributed by atoms with E-state index in [1.54, 1.807) is 0 Å². The minimum absolute atomic E-state index is 0.0148. The highest BCUT2D eigenvalue weighted by atomic mass is 16.5. The summed E-state index contributed by atoms with van der Waals surface area (Å²) in [6, 6.07) is 15.0. The second-order valence-electron chi connectivity index (χ2n) is 8.53. The summed E-state index contributed by atoms with van der Waals surface area (Å²) in [5.41, 5.74) is 4.63. The topological polar surface area (TPSA) is 114 Å². The number of carbonyl (C=O) groups excluding carboxylic acids is 2. The predicted molar refractivity (Wildman–Crippen MR) is 121 cm³/mol. The number of hydrogen-bond donors (Lipinski definition) is 3. The van der Waals surface area contributed by atoms with Crippen molar-refractivity contribution in [2.75, 3.05) is 20.3 Å². The first-order chi connectivity index (χ1) is 16.0. The summed E-state index contributed by atoms with van der Waals surface area (Å²) in [5.74, 6) is -1.85. The molecule has 8 nitrogen and oxygen atoms in total. The van der Waals surface area contributed by atoms with Crippen LogP contribution in [0.25, 0.3) is 11.1 Å². The maximum absolute atomic E-state index is 12.5. The van der Waals surface area contributed by atoms with Crippen molar-refractivity contribution in [2.45, 2.75) is 37.3 Å². The number of carboxylic acid groups (broad SMARTS) is 1. The molecule has 2 aliphatic carbocycles. The first-order valence-electron chi connectivity index (χ1n) is 11.1. The van der Waals surface area contributed by atoms with Gasteiger partial charge in [-0.1, -0.05) is 48.5 Å². The number of fused-ring (bicyclic) bond motifs is 3. The number of hydrogen-bond acceptors (Lipinski definition) is 5. The van der Waals surface area contributed by atoms with Crippen molar-refractivity contribution in [1.29, 1.82) is 0 Å². The van der Waals surface area contributed by atoms with Gasteiger partial charge in [0.1, 0.15) is 6.61 Å². The summed E-state index contributed by atoms with van der Waals surface area (Å²) >= 11 is 0. The highest BCUT2D eigenvalue weighted by molar-refractivity contribution is 5.85. The smallest absolute Gasteiger partial charge is 0.407 e. The Balaban J connectivity index is 1.29. The van der Waals surface area contributed by atoms with Gasteiger partial charge in [0.2, 0.25) is 5.91 Å². The summed E-state index contributed by atoms with van der Waals surface area (Å²) in [6.45, 7) is 0.128. The first-order valence-corrected chi connectivity index (χ1v) is 11.1. The monoisotopic (exact) mass is 452 g/mol. The number of nitrogens with one attached hydrogen (secondary N) is 2. The lowest BCUT2D eigenvalue weighted by molar-refractivity contribution is -0.144. The van der Waals surface area contributed by atoms with Gasteiger partial charge in [0.05, 0.1) is 6.61 Å². The van der Waals surface area contributed by atoms with Crippen LogP contribution < -0.4 is 10.6 Å². The van der Waals surface area contributed by atoms with Crippen molar-refractivity contribution in [3.63, 3.8) is 0 Å². The van der Waals surface area contributed by atoms with Gasteiger partial charge in [0, 0.05) is 25.0 Å². The van der Waals surface area contributed by atoms with Crippen LogP contribution in [0.2, 0.25) is 0 Å². The zero-order chi connectivity index (χ0) is 23.4. The molecule has 33 heavy (non-hydrogen) atoms. The number of carboxylic acids is 1. The Morgan fingerprint density at radius 1 is 1.03 bits per heavy atom. The van der Waals surface area contributed by atoms with Gasteiger partial charge in [-0.15, -0.1) is 0 Å². The molecule has 2 aromatic carbocycles. The molecule has 3 atom stereocenters. The zero-order valence-electron chi connectivity index (χ0n) is 18.5. The fraction of sp³-hybridized carbons (Fsp3) is 0.400. The van der Waals surface area contributed by atoms with E-state index in [9.17, 15) is 19.5 Å². The molecule has 0 spiro atoms. The normalized spacial score (nSPS) is 19.9. The van der Waals surface area contributed by atoms with Gasteiger partial charge in [0.15, 0.2) is 6.04 Å². The zero-order valence-corrected chi connectivity index (χ0v) is 18.5. The molecule has 4 rings (SSSR count). The van der Waals surface area contributed by atoms with Crippen LogP contribution in [0.1, 0.15) is 36.3 Å². The molecular weight excluding hydrogens is 424 g/mol. The first kappa shape index (κ1) is 22.8. The van der Waals surface area contributed by atoms with Crippen LogP contribution in [0, 0.1) is 5.92 Å². The van der Waals surface area contributed by atoms with Gasteiger partial charge >= 0.3 is 12.1 Å². The van der Waals surface area contributed by atoms with E-state index >= 15 is 0 Å². The SMILES string of the molecule is COC[C@H](NC(=O)[C@H]1CC[C@@H](NC(=O)OCC2c3ccccc3-c3ccccc32)C1)C(=O)O. The average molecular weight is 453 g/mol. The molecule has 3 N–H and O–H groups in total. The maximum atomic E-state index is 12.5. The van der Waals surface area contributed by atoms with Crippen molar-refractivity contribution in [2.24, 2.45) is 5.92 Å². The van der Waals surface area contributed by atoms with Crippen LogP contribution >= 0.6 is 0 Å². The molecule has 0 aromatic heterocycles. The van der Waals surface area contributed by atoms with Crippen LogP contribution in [-0.4, -0.2) is 55.5 Å². The Morgan fingerprint density at radius 2 is 1.67 bits per heavy atom. The van der Waals surface area contributed by atoms with E-state index in [0.717, 1.165) is 11.1 Å². The molecule has 2 aromatic rings. The van der Waals surface area contributed by atoms with E-state index in [-0.39, 0.29) is 37.0 Å². The lowest BCUT2D eigenvalue weighted by atomic mass is 9.98. The fourth-order valence-electron chi connectivity index (χ4n) is 4.79. The van der Waals surface area contributed by atoms with Crippen molar-refractivity contribution >= 4 is 18.0 Å². The Kier molecular flexibility index (Phi) is 6.93. The van der Waals surface area contributed by atoms with E-state index in [0.29, 0.717) is 19.3 Å². The summed E-state index contributed by atoms with van der Waals surface area (Å²) in [4.78, 5) is 36.1. The fourth-order valence-corrected chi connectivity index (χ4v) is 4.79. The lowest BCUT2D eigenvalue weighted by Gasteiger charge is -2.18. The molecule has 8 heteroatoms. The molecule has 1 saturated carbocycles. The van der Waals surface area contributed by atoms with Gasteiger partial charge in [-0.2, -0.15) is 0 Å². The van der Waals surface area contributed by atoms with E-state index in [2.05, 4.69) is 34.9 Å². The van der Waals surface area contributed by atoms with Crippen LogP contribution in [0.4, 0.5) is 4.79 Å². The lowest BCUT2D eigenvalue weighted by Crippen LogP contribution is -2.46. The third-order valence-electron chi connectivity index (χ3n) is 6.42. The van der Waals surface area contributed by atoms with E-state index in [1.807, 2.05) is 24.3 Å². The molecule has 0 unspecified atom stereocenters. The number of ether oxygens (including phenoxy) is 2. The summed E-state index contributed by atoms with van der Waals surface area (Å²) in [7, 11) is 1.38. The third-order valence-corrected chi connectivity index (χ3v) is 6.42. The minimum atomic E-state index is -1.14. The third kappa shape index (κ3) is 5.01. The Labute approximate surface area is 192 Å². The standard InChI is InChI=1S/C25H28N2O6/c1-32-14-22(24(29)30)27-23(28)15-10-11-16(12-15)26-25(31)33-13-21-19-8-4-2-6-17(19)18-7-3-5-9-20(18)21/h2-9,15-16,21-22H,10-14H2,1H3,(H,26,31)(H,27,28)(H,29,30)/t15-,16+,22-/m0/s1. The average Bonchev–Trinajstić information content (AvgIpc) is 3.40. The summed E-state index contributed by atoms with van der Waals surface area (Å²) in [5, 5.41) is 14.5. The van der Waals surface area contributed by atoms with Crippen molar-refractivity contribution in [1.82, 2.24) is 10.6 Å². The van der Waals surface area contributed by atoms with Gasteiger partial charge in [-0.25, -0.2) is 9.59 Å². The Morgan fingerprint density at radius 3 is 2.27 bits per heavy atom. The maximum Gasteiger partial charge on any atom is 0.407 e. The Hall–Kier alpha value is -3.39. The molecule has 0 bridgehead atoms. The second-order valence-corrected chi connectivity index (χ2v) is 8.53. The van der Waals surface area contributed by atoms with Gasteiger partial charge in [-0.05, 0) is 41.5 Å². The van der Waals surface area contributed by atoms with Crippen LogP contribution in [0.3, 0.4) is 0 Å². The molecule has 0 aliphatic heterocycles. The van der Waals surface area contributed by atoms with E-state index in [4.69, 9.17) is 9.47 Å². The number of aliphatic carboxylic acids is 1. The molecule has 2 amide bonds. The highest BCUT2D eigenvalue weighted by Gasteiger charge is 2.34. The molecule has 2 aliphatic rings. The molecule has 0 heterocycles. The van der Waals surface area contributed by atoms with Crippen molar-refractivity contribution < 1.29 is 29.0 Å². The predicted octanol–water partition coefficient (Wildman–Crippen LogP) is 2.91. The molecule has 1 fully saturated rings. The quantitative estimate of drug-likeness (QED) is 0.568. The van der Waals surface area contributed by atoms with Gasteiger partial charge in [0.25, 0.3) is 0 Å². The van der Waals surface area contributed by atoms with Crippen molar-refractivity contribution in [3.05, 3.63) is 59.7 Å². The molecule has 174 valence electrons. The van der Waals surface area contributed by atoms with Crippen LogP contribution in [-0.2, 0) is 19.1 Å². The van der Waals surface area contributed by atoms with Crippen molar-refractivity contribution in [3.8, 4) is 11.1 Å². The number of methoxy groups -OCH3 is 1. The summed E-state index contributed by atoms with van der Waals surface area (Å²) in [6.07, 6.45) is 1.13. The number of amides is 2. The largest absolute Gasteiger partial charge is 0.480 e. The highest BCUT2D eigenvalue weighted by Crippen LogP contribution is 2.44. The summed E-state index contributed by atoms with van der Waals surface area (Å²) < 4.78 is 10.4. The van der Waals surface area contributed by atoms with Crippen LogP contribution in [0.5, 0.6) is 0 Å². The molecule has 0 radical (unpaired) electrons. The minimum Gasteiger partial charge on any atom is -0.480 e. The Bertz CT molecular complexity index is 994. The molecule has 0 saturated heterocycles. The molecular formula is C25H28N2O6. The van der Waals surface area contributed by atoms with E-state index in [1.165, 1.54) is 18.2 Å². The number of carbonyl (C=O) groups is 3. The van der Waals surface area contributed by atoms with E-state index < -0.39 is 18.1 Å². The number of benzene rings is 2. The van der Waals surface area contributed by atoms with Gasteiger partial charge < -0.3 is 25.2 Å². The van der Waals surface area contributed by atoms with Gasteiger partial charge in [-0.3, -0.25) is 4.79 Å². The second kappa shape index (κ2) is 10.0.